The molecule has 4 N–H and O–H groups in total. The lowest BCUT2D eigenvalue weighted by Crippen LogP contribution is -2.46. The molecule has 3 aromatic carbocycles. The third kappa shape index (κ3) is 10.3. The zero-order chi connectivity index (χ0) is 37.2. The second-order valence-electron chi connectivity index (χ2n) is 11.9. The highest BCUT2D eigenvalue weighted by molar-refractivity contribution is 7.13. The van der Waals surface area contributed by atoms with Gasteiger partial charge in [0.15, 0.2) is 0 Å². The van der Waals surface area contributed by atoms with Crippen LogP contribution in [-0.4, -0.2) is 50.0 Å². The standard InChI is InChI=1S/C19H14F2N2O3S.C18H19ClN2O3S/c20-12-7-5-11(6-8-12)15(9-17(24)25)22-18(26)16-10-27-19(23-16)13-3-1-2-4-14(13)21;19-13-8-4-7-12(9-13)17-20-14(10-25-17)16(22)21-15(18(23)24)11-5-2-1-3-6-11/h1-8,10,15H,9H2,(H,22,26)(H,24,25);4,7-11,15H,1-3,5-6H2,(H,21,22)(H,23,24)/t2*15-/m00/s1. The van der Waals surface area contributed by atoms with Gasteiger partial charge in [-0.05, 0) is 60.7 Å². The van der Waals surface area contributed by atoms with Gasteiger partial charge in [0.1, 0.15) is 39.1 Å². The molecular formula is C37H33ClF2N4O6S2. The van der Waals surface area contributed by atoms with Crippen molar-refractivity contribution in [3.63, 3.8) is 0 Å². The Morgan fingerprint density at radius 3 is 2.08 bits per heavy atom. The van der Waals surface area contributed by atoms with E-state index in [1.165, 1.54) is 47.0 Å². The summed E-state index contributed by atoms with van der Waals surface area (Å²) < 4.78 is 27.0. The molecule has 1 fully saturated rings. The summed E-state index contributed by atoms with van der Waals surface area (Å²) in [4.78, 5) is 56.1. The average Bonchev–Trinajstić information content (AvgIpc) is 3.83. The quantitative estimate of drug-likeness (QED) is 0.105. The van der Waals surface area contributed by atoms with Crippen LogP contribution < -0.4 is 10.6 Å². The first-order chi connectivity index (χ1) is 25.0. The Kier molecular flexibility index (Phi) is 13.2. The van der Waals surface area contributed by atoms with Crippen LogP contribution in [0.3, 0.4) is 0 Å². The monoisotopic (exact) mass is 766 g/mol. The molecular weight excluding hydrogens is 734 g/mol. The molecule has 1 aliphatic carbocycles. The minimum atomic E-state index is -1.12. The summed E-state index contributed by atoms with van der Waals surface area (Å²) in [5.74, 6) is -4.06. The average molecular weight is 767 g/mol. The molecule has 2 amide bonds. The number of benzene rings is 3. The molecule has 1 saturated carbocycles. The SMILES string of the molecule is O=C(N[C@H](C(=O)O)C1CCCCC1)c1csc(-c2cccc(Cl)c2)n1.O=C(O)C[C@H](NC(=O)c1csc(-c2ccccc2F)n1)c1ccc(F)cc1. The highest BCUT2D eigenvalue weighted by atomic mass is 35.5. The van der Waals surface area contributed by atoms with E-state index in [9.17, 15) is 33.1 Å². The number of thiazole rings is 2. The molecule has 2 atom stereocenters. The maximum absolute atomic E-state index is 13.9. The molecule has 1 aliphatic rings. The normalized spacial score (nSPS) is 14.0. The minimum Gasteiger partial charge on any atom is -0.481 e. The number of hydrogen-bond donors (Lipinski definition) is 4. The van der Waals surface area contributed by atoms with Crippen molar-refractivity contribution in [2.45, 2.75) is 50.6 Å². The number of carboxylic acids is 2. The Balaban J connectivity index is 0.000000202. The fourth-order valence-electron chi connectivity index (χ4n) is 5.69. The number of aliphatic carboxylic acids is 2. The highest BCUT2D eigenvalue weighted by Gasteiger charge is 2.31. The highest BCUT2D eigenvalue weighted by Crippen LogP contribution is 2.29. The molecule has 2 heterocycles. The van der Waals surface area contributed by atoms with Gasteiger partial charge in [0, 0.05) is 26.9 Å². The van der Waals surface area contributed by atoms with Crippen LogP contribution in [0.4, 0.5) is 8.78 Å². The first-order valence-corrected chi connectivity index (χ1v) is 18.4. The van der Waals surface area contributed by atoms with Crippen molar-refractivity contribution in [3.8, 4) is 21.1 Å². The Morgan fingerprint density at radius 1 is 0.808 bits per heavy atom. The van der Waals surface area contributed by atoms with Crippen molar-refractivity contribution in [1.82, 2.24) is 20.6 Å². The van der Waals surface area contributed by atoms with Gasteiger partial charge in [-0.2, -0.15) is 0 Å². The van der Waals surface area contributed by atoms with E-state index in [1.807, 2.05) is 12.1 Å². The summed E-state index contributed by atoms with van der Waals surface area (Å²) in [5, 5.41) is 28.6. The first-order valence-electron chi connectivity index (χ1n) is 16.2. The van der Waals surface area contributed by atoms with Gasteiger partial charge in [-0.15, -0.1) is 22.7 Å². The lowest BCUT2D eigenvalue weighted by atomic mass is 9.84. The number of nitrogens with one attached hydrogen (secondary N) is 2. The third-order valence-electron chi connectivity index (χ3n) is 8.28. The van der Waals surface area contributed by atoms with Crippen molar-refractivity contribution in [2.24, 2.45) is 5.92 Å². The van der Waals surface area contributed by atoms with Gasteiger partial charge in [-0.1, -0.05) is 67.3 Å². The number of carboxylic acid groups (broad SMARTS) is 2. The lowest BCUT2D eigenvalue weighted by Gasteiger charge is -2.27. The molecule has 6 rings (SSSR count). The number of carbonyl (C=O) groups excluding carboxylic acids is 2. The molecule has 15 heteroatoms. The Bertz CT molecular complexity index is 2030. The van der Waals surface area contributed by atoms with E-state index in [2.05, 4.69) is 20.6 Å². The largest absolute Gasteiger partial charge is 0.481 e. The van der Waals surface area contributed by atoms with Crippen molar-refractivity contribution in [2.75, 3.05) is 0 Å². The molecule has 10 nitrogen and oxygen atoms in total. The van der Waals surface area contributed by atoms with Gasteiger partial charge in [-0.3, -0.25) is 14.4 Å². The molecule has 0 spiro atoms. The van der Waals surface area contributed by atoms with E-state index in [1.54, 1.807) is 35.7 Å². The molecule has 52 heavy (non-hydrogen) atoms. The van der Waals surface area contributed by atoms with Crippen LogP contribution in [0.1, 0.15) is 71.1 Å². The van der Waals surface area contributed by atoms with Crippen molar-refractivity contribution in [1.29, 1.82) is 0 Å². The molecule has 0 bridgehead atoms. The van der Waals surface area contributed by atoms with E-state index in [0.717, 1.165) is 49.0 Å². The zero-order valence-electron chi connectivity index (χ0n) is 27.4. The van der Waals surface area contributed by atoms with Gasteiger partial charge < -0.3 is 20.8 Å². The maximum Gasteiger partial charge on any atom is 0.326 e. The maximum atomic E-state index is 13.9. The first kappa shape index (κ1) is 38.2. The Hall–Kier alpha value is -5.05. The topological polar surface area (TPSA) is 159 Å². The molecule has 2 aromatic heterocycles. The van der Waals surface area contributed by atoms with E-state index in [-0.39, 0.29) is 29.3 Å². The van der Waals surface area contributed by atoms with E-state index in [4.69, 9.17) is 16.7 Å². The summed E-state index contributed by atoms with van der Waals surface area (Å²) in [7, 11) is 0. The molecule has 0 aliphatic heterocycles. The summed E-state index contributed by atoms with van der Waals surface area (Å²) >= 11 is 8.42. The number of amides is 2. The molecule has 270 valence electrons. The number of rotatable bonds is 11. The minimum absolute atomic E-state index is 0.0127. The van der Waals surface area contributed by atoms with Crippen LogP contribution >= 0.6 is 34.3 Å². The smallest absolute Gasteiger partial charge is 0.326 e. The Morgan fingerprint density at radius 2 is 1.44 bits per heavy atom. The Labute approximate surface area is 310 Å². The third-order valence-corrected chi connectivity index (χ3v) is 10.3. The number of halogens is 3. The second-order valence-corrected chi connectivity index (χ2v) is 14.1. The number of carbonyl (C=O) groups is 4. The fourth-order valence-corrected chi connectivity index (χ4v) is 7.50. The van der Waals surface area contributed by atoms with Crippen LogP contribution in [0, 0.1) is 17.6 Å². The van der Waals surface area contributed by atoms with Crippen LogP contribution in [-0.2, 0) is 9.59 Å². The van der Waals surface area contributed by atoms with Gasteiger partial charge in [0.05, 0.1) is 12.5 Å². The summed E-state index contributed by atoms with van der Waals surface area (Å²) in [6, 6.07) is 16.8. The fraction of sp³-hybridized carbons (Fsp3) is 0.243. The second kappa shape index (κ2) is 17.9. The van der Waals surface area contributed by atoms with E-state index < -0.39 is 47.5 Å². The van der Waals surface area contributed by atoms with Crippen LogP contribution in [0.25, 0.3) is 21.1 Å². The molecule has 5 aromatic rings. The lowest BCUT2D eigenvalue weighted by molar-refractivity contribution is -0.141. The zero-order valence-corrected chi connectivity index (χ0v) is 29.8. The van der Waals surface area contributed by atoms with Crippen molar-refractivity contribution in [3.05, 3.63) is 117 Å². The van der Waals surface area contributed by atoms with Gasteiger partial charge in [0.2, 0.25) is 0 Å². The van der Waals surface area contributed by atoms with E-state index in [0.29, 0.717) is 20.6 Å². The predicted octanol–water partition coefficient (Wildman–Crippen LogP) is 8.26. The van der Waals surface area contributed by atoms with Crippen LogP contribution in [0.2, 0.25) is 5.02 Å². The number of aromatic nitrogens is 2. The van der Waals surface area contributed by atoms with Crippen molar-refractivity contribution >= 4 is 58.0 Å². The predicted molar refractivity (Wildman–Crippen MR) is 194 cm³/mol. The molecule has 0 saturated heterocycles. The summed E-state index contributed by atoms with van der Waals surface area (Å²) in [6.45, 7) is 0. The molecule has 0 unspecified atom stereocenters. The van der Waals surface area contributed by atoms with Crippen molar-refractivity contribution < 1.29 is 38.2 Å². The van der Waals surface area contributed by atoms with Gasteiger partial charge in [-0.25, -0.2) is 23.5 Å². The van der Waals surface area contributed by atoms with Crippen LogP contribution in [0.5, 0.6) is 0 Å². The number of nitrogens with zero attached hydrogens (tertiary/aromatic N) is 2. The van der Waals surface area contributed by atoms with Crippen LogP contribution in [0.15, 0.2) is 83.6 Å². The number of hydrogen-bond acceptors (Lipinski definition) is 8. The van der Waals surface area contributed by atoms with Gasteiger partial charge in [0.25, 0.3) is 11.8 Å². The summed E-state index contributed by atoms with van der Waals surface area (Å²) in [5.41, 5.74) is 1.86. The van der Waals surface area contributed by atoms with Gasteiger partial charge >= 0.3 is 11.9 Å². The summed E-state index contributed by atoms with van der Waals surface area (Å²) in [6.07, 6.45) is 4.46. The molecule has 0 radical (unpaired) electrons. The van der Waals surface area contributed by atoms with E-state index >= 15 is 0 Å².